The fourth-order valence-electron chi connectivity index (χ4n) is 3.05. The summed E-state index contributed by atoms with van der Waals surface area (Å²) in [6.45, 7) is 2.90. The van der Waals surface area contributed by atoms with E-state index in [9.17, 15) is 4.79 Å². The van der Waals surface area contributed by atoms with Crippen LogP contribution in [0.3, 0.4) is 0 Å². The van der Waals surface area contributed by atoms with Gasteiger partial charge in [0.05, 0.1) is 10.9 Å². The summed E-state index contributed by atoms with van der Waals surface area (Å²) in [7, 11) is 2.13. The van der Waals surface area contributed by atoms with Gasteiger partial charge in [-0.25, -0.2) is 0 Å². The Bertz CT molecular complexity index is 734. The first kappa shape index (κ1) is 13.5. The molecule has 0 amide bonds. The molecular formula is C15H19N3OS. The smallest absolute Gasteiger partial charge is 0.262 e. The van der Waals surface area contributed by atoms with Gasteiger partial charge < -0.3 is 9.88 Å². The van der Waals surface area contributed by atoms with E-state index in [1.54, 1.807) is 4.57 Å². The van der Waals surface area contributed by atoms with Gasteiger partial charge in [-0.2, -0.15) is 0 Å². The zero-order valence-electron chi connectivity index (χ0n) is 11.6. The van der Waals surface area contributed by atoms with Crippen molar-refractivity contribution in [1.82, 2.24) is 14.5 Å². The van der Waals surface area contributed by atoms with Crippen molar-refractivity contribution >= 4 is 23.1 Å². The molecule has 1 unspecified atom stereocenters. The van der Waals surface area contributed by atoms with Crippen molar-refractivity contribution in [2.75, 3.05) is 20.1 Å². The van der Waals surface area contributed by atoms with E-state index in [-0.39, 0.29) is 5.56 Å². The van der Waals surface area contributed by atoms with Crippen LogP contribution in [0.1, 0.15) is 12.8 Å². The summed E-state index contributed by atoms with van der Waals surface area (Å²) in [4.78, 5) is 18.1. The highest BCUT2D eigenvalue weighted by Gasteiger charge is 2.18. The number of para-hydroxylation sites is 1. The molecule has 1 aliphatic heterocycles. The highest BCUT2D eigenvalue weighted by molar-refractivity contribution is 7.71. The number of H-pyrrole nitrogens is 1. The Balaban J connectivity index is 1.99. The minimum Gasteiger partial charge on any atom is -0.332 e. The predicted molar refractivity (Wildman–Crippen MR) is 83.6 cm³/mol. The molecule has 2 heterocycles. The Morgan fingerprint density at radius 2 is 2.20 bits per heavy atom. The first-order chi connectivity index (χ1) is 9.65. The number of hydrogen-bond donors (Lipinski definition) is 1. The van der Waals surface area contributed by atoms with Crippen molar-refractivity contribution in [3.05, 3.63) is 39.4 Å². The van der Waals surface area contributed by atoms with Gasteiger partial charge in [0.25, 0.3) is 5.56 Å². The second kappa shape index (κ2) is 5.50. The topological polar surface area (TPSA) is 41.0 Å². The molecule has 4 nitrogen and oxygen atoms in total. The van der Waals surface area contributed by atoms with Crippen LogP contribution in [-0.2, 0) is 6.54 Å². The molecule has 0 saturated carbocycles. The van der Waals surface area contributed by atoms with Crippen LogP contribution in [0.25, 0.3) is 10.9 Å². The number of nitrogens with zero attached hydrogens (tertiary/aromatic N) is 2. The molecule has 5 heteroatoms. The second-order valence-corrected chi connectivity index (χ2v) is 6.05. The molecule has 0 spiro atoms. The van der Waals surface area contributed by atoms with Crippen molar-refractivity contribution in [2.45, 2.75) is 19.4 Å². The Morgan fingerprint density at radius 1 is 1.40 bits per heavy atom. The van der Waals surface area contributed by atoms with Crippen molar-refractivity contribution in [3.63, 3.8) is 0 Å². The molecule has 1 atom stereocenters. The highest BCUT2D eigenvalue weighted by atomic mass is 32.1. The maximum atomic E-state index is 12.6. The average Bonchev–Trinajstić information content (AvgIpc) is 2.43. The summed E-state index contributed by atoms with van der Waals surface area (Å²) in [5, 5.41) is 0.713. The normalized spacial score (nSPS) is 20.4. The van der Waals surface area contributed by atoms with E-state index in [4.69, 9.17) is 12.2 Å². The molecule has 1 aliphatic rings. The van der Waals surface area contributed by atoms with Gasteiger partial charge in [0.2, 0.25) is 0 Å². The van der Waals surface area contributed by atoms with Crippen LogP contribution in [0.2, 0.25) is 0 Å². The van der Waals surface area contributed by atoms with Gasteiger partial charge >= 0.3 is 0 Å². The van der Waals surface area contributed by atoms with Crippen LogP contribution < -0.4 is 5.56 Å². The van der Waals surface area contributed by atoms with Crippen LogP contribution >= 0.6 is 12.2 Å². The molecule has 1 aromatic heterocycles. The fourth-order valence-corrected chi connectivity index (χ4v) is 3.31. The van der Waals surface area contributed by atoms with E-state index in [0.29, 0.717) is 22.6 Å². The number of benzene rings is 1. The van der Waals surface area contributed by atoms with E-state index in [0.717, 1.165) is 18.6 Å². The molecule has 1 aromatic carbocycles. The van der Waals surface area contributed by atoms with Gasteiger partial charge in [0, 0.05) is 13.1 Å². The maximum absolute atomic E-state index is 12.6. The highest BCUT2D eigenvalue weighted by Crippen LogP contribution is 2.17. The monoisotopic (exact) mass is 289 g/mol. The Hall–Kier alpha value is -1.46. The number of fused-ring (bicyclic) bond motifs is 1. The summed E-state index contributed by atoms with van der Waals surface area (Å²) in [6, 6.07) is 7.55. The summed E-state index contributed by atoms with van der Waals surface area (Å²) in [6.07, 6.45) is 2.36. The Morgan fingerprint density at radius 3 is 3.00 bits per heavy atom. The standard InChI is InChI=1S/C15H19N3OS/c1-17-8-4-5-11(9-17)10-18-14(19)12-6-2-3-7-13(12)16-15(18)20/h2-3,6-7,11H,4-5,8-10H2,1H3,(H,16,20). The number of piperidine rings is 1. The molecule has 1 fully saturated rings. The van der Waals surface area contributed by atoms with Crippen LogP contribution in [0.4, 0.5) is 0 Å². The average molecular weight is 289 g/mol. The Kier molecular flexibility index (Phi) is 3.72. The number of nitrogens with one attached hydrogen (secondary N) is 1. The lowest BCUT2D eigenvalue weighted by atomic mass is 9.98. The van der Waals surface area contributed by atoms with E-state index in [1.165, 1.54) is 12.8 Å². The zero-order valence-corrected chi connectivity index (χ0v) is 12.4. The molecule has 1 saturated heterocycles. The van der Waals surface area contributed by atoms with Gasteiger partial charge in [-0.3, -0.25) is 9.36 Å². The van der Waals surface area contributed by atoms with Crippen LogP contribution in [0.5, 0.6) is 0 Å². The van der Waals surface area contributed by atoms with Crippen LogP contribution in [0, 0.1) is 10.7 Å². The molecule has 0 radical (unpaired) electrons. The maximum Gasteiger partial charge on any atom is 0.262 e. The number of hydrogen-bond acceptors (Lipinski definition) is 3. The number of rotatable bonds is 2. The summed E-state index contributed by atoms with van der Waals surface area (Å²) < 4.78 is 2.25. The molecule has 3 rings (SSSR count). The lowest BCUT2D eigenvalue weighted by Gasteiger charge is -2.29. The zero-order chi connectivity index (χ0) is 14.1. The molecule has 0 bridgehead atoms. The predicted octanol–water partition coefficient (Wildman–Crippen LogP) is 2.40. The Labute approximate surface area is 123 Å². The SMILES string of the molecule is CN1CCCC(Cn2c(=S)[nH]c3ccccc3c2=O)C1. The van der Waals surface area contributed by atoms with Crippen LogP contribution in [-0.4, -0.2) is 34.6 Å². The van der Waals surface area contributed by atoms with Gasteiger partial charge in [0.1, 0.15) is 0 Å². The van der Waals surface area contributed by atoms with E-state index < -0.39 is 0 Å². The van der Waals surface area contributed by atoms with E-state index >= 15 is 0 Å². The summed E-state index contributed by atoms with van der Waals surface area (Å²) >= 11 is 5.36. The minimum absolute atomic E-state index is 0.0255. The van der Waals surface area contributed by atoms with Gasteiger partial charge in [0.15, 0.2) is 4.77 Å². The van der Waals surface area contributed by atoms with Crippen LogP contribution in [0.15, 0.2) is 29.1 Å². The largest absolute Gasteiger partial charge is 0.332 e. The second-order valence-electron chi connectivity index (χ2n) is 5.66. The molecule has 2 aromatic rings. The third-order valence-corrected chi connectivity index (χ3v) is 4.37. The molecule has 1 N–H and O–H groups in total. The fraction of sp³-hybridized carbons (Fsp3) is 0.467. The van der Waals surface area contributed by atoms with Crippen molar-refractivity contribution in [1.29, 1.82) is 0 Å². The third kappa shape index (κ3) is 2.55. The molecule has 20 heavy (non-hydrogen) atoms. The summed E-state index contributed by atoms with van der Waals surface area (Å²) in [5.74, 6) is 0.503. The lowest BCUT2D eigenvalue weighted by molar-refractivity contribution is 0.193. The van der Waals surface area contributed by atoms with Gasteiger partial charge in [-0.1, -0.05) is 12.1 Å². The van der Waals surface area contributed by atoms with Crippen molar-refractivity contribution in [3.8, 4) is 0 Å². The number of likely N-dealkylation sites (tertiary alicyclic amines) is 1. The van der Waals surface area contributed by atoms with E-state index in [2.05, 4.69) is 16.9 Å². The minimum atomic E-state index is 0.0255. The molecule has 0 aliphatic carbocycles. The first-order valence-corrected chi connectivity index (χ1v) is 7.46. The van der Waals surface area contributed by atoms with Gasteiger partial charge in [-0.05, 0) is 56.7 Å². The van der Waals surface area contributed by atoms with Crippen molar-refractivity contribution in [2.24, 2.45) is 5.92 Å². The third-order valence-electron chi connectivity index (χ3n) is 4.05. The summed E-state index contributed by atoms with van der Waals surface area (Å²) in [5.41, 5.74) is 0.845. The number of aromatic amines is 1. The van der Waals surface area contributed by atoms with Gasteiger partial charge in [-0.15, -0.1) is 0 Å². The lowest BCUT2D eigenvalue weighted by Crippen LogP contribution is -2.36. The number of aromatic nitrogens is 2. The van der Waals surface area contributed by atoms with Crippen molar-refractivity contribution < 1.29 is 0 Å². The molecular weight excluding hydrogens is 270 g/mol. The molecule has 106 valence electrons. The van der Waals surface area contributed by atoms with E-state index in [1.807, 2.05) is 24.3 Å². The quantitative estimate of drug-likeness (QED) is 0.863. The first-order valence-electron chi connectivity index (χ1n) is 7.05.